The lowest BCUT2D eigenvalue weighted by Gasteiger charge is -2.20. The van der Waals surface area contributed by atoms with Gasteiger partial charge in [-0.05, 0) is 44.9 Å². The van der Waals surface area contributed by atoms with Crippen LogP contribution in [0.5, 0.6) is 0 Å². The van der Waals surface area contributed by atoms with Crippen LogP contribution < -0.4 is 0 Å². The highest BCUT2D eigenvalue weighted by atomic mass is 31.2. The Morgan fingerprint density at radius 2 is 0.947 bits per heavy atom. The Hall–Kier alpha value is -1.06. The van der Waals surface area contributed by atoms with E-state index >= 15 is 0 Å². The van der Waals surface area contributed by atoms with Gasteiger partial charge in [0, 0.05) is 13.0 Å². The Balaban J connectivity index is 4.10. The Morgan fingerprint density at radius 3 is 1.44 bits per heavy atom. The van der Waals surface area contributed by atoms with E-state index < -0.39 is 33.2 Å². The molecule has 0 amide bonds. The number of ether oxygens (including phenoxy) is 2. The number of hydrogen-bond donors (Lipinski definition) is 3. The Morgan fingerprint density at radius 1 is 0.544 bits per heavy atom. The second-order valence-electron chi connectivity index (χ2n) is 16.1. The fourth-order valence-electron chi connectivity index (χ4n) is 6.74. The van der Waals surface area contributed by atoms with Gasteiger partial charge in [0.2, 0.25) is 0 Å². The predicted molar refractivity (Wildman–Crippen MR) is 238 cm³/mol. The summed E-state index contributed by atoms with van der Waals surface area (Å²) in [5, 5.41) is 18.4. The average Bonchev–Trinajstić information content (AvgIpc) is 3.20. The van der Waals surface area contributed by atoms with Gasteiger partial charge >= 0.3 is 13.8 Å². The third-order valence-corrected chi connectivity index (χ3v) is 11.3. The van der Waals surface area contributed by atoms with Gasteiger partial charge in [0.25, 0.3) is 0 Å². The molecule has 3 atom stereocenters. The van der Waals surface area contributed by atoms with Gasteiger partial charge in [-0.25, -0.2) is 4.57 Å². The molecule has 57 heavy (non-hydrogen) atoms. The van der Waals surface area contributed by atoms with E-state index in [0.717, 1.165) is 51.4 Å². The zero-order chi connectivity index (χ0) is 41.8. The maximum Gasteiger partial charge on any atom is 0.472 e. The summed E-state index contributed by atoms with van der Waals surface area (Å²) >= 11 is 0. The van der Waals surface area contributed by atoms with Crippen molar-refractivity contribution in [2.75, 3.05) is 33.0 Å². The van der Waals surface area contributed by atoms with Crippen LogP contribution in [-0.2, 0) is 27.9 Å². The van der Waals surface area contributed by atoms with E-state index in [4.69, 9.17) is 23.6 Å². The number of unbranched alkanes of at least 4 members (excludes halogenated alkanes) is 28. The highest BCUT2D eigenvalue weighted by Gasteiger charge is 2.26. The molecule has 338 valence electrons. The summed E-state index contributed by atoms with van der Waals surface area (Å²) in [4.78, 5) is 22.6. The largest absolute Gasteiger partial charge is 0.472 e. The summed E-state index contributed by atoms with van der Waals surface area (Å²) in [5.74, 6) is -0.386. The molecule has 0 saturated carbocycles. The lowest BCUT2D eigenvalue weighted by atomic mass is 10.0. The molecular formula is C47H91O9P. The minimum Gasteiger partial charge on any atom is -0.457 e. The Labute approximate surface area is 351 Å². The summed E-state index contributed by atoms with van der Waals surface area (Å²) in [6.07, 6.45) is 47.1. The summed E-state index contributed by atoms with van der Waals surface area (Å²) in [5.41, 5.74) is 0. The highest BCUT2D eigenvalue weighted by molar-refractivity contribution is 7.47. The van der Waals surface area contributed by atoms with Crippen LogP contribution in [0.1, 0.15) is 226 Å². The first-order valence-electron chi connectivity index (χ1n) is 23.8. The average molecular weight is 831 g/mol. The highest BCUT2D eigenvalue weighted by Crippen LogP contribution is 2.43. The van der Waals surface area contributed by atoms with Crippen molar-refractivity contribution in [2.45, 2.75) is 238 Å². The number of hydrogen-bond acceptors (Lipinski definition) is 8. The molecule has 0 saturated heterocycles. The molecular weight excluding hydrogens is 739 g/mol. The normalized spacial score (nSPS) is 14.1. The lowest BCUT2D eigenvalue weighted by Crippen LogP contribution is -2.29. The molecule has 9 nitrogen and oxygen atoms in total. The number of phosphoric ester groups is 1. The van der Waals surface area contributed by atoms with E-state index in [2.05, 4.69) is 38.2 Å². The van der Waals surface area contributed by atoms with E-state index in [1.807, 2.05) is 0 Å². The molecule has 0 rings (SSSR count). The van der Waals surface area contributed by atoms with Crippen LogP contribution in [0.3, 0.4) is 0 Å². The molecule has 0 fully saturated rings. The molecule has 3 N–H and O–H groups in total. The van der Waals surface area contributed by atoms with Crippen molar-refractivity contribution in [3.63, 3.8) is 0 Å². The van der Waals surface area contributed by atoms with Crippen LogP contribution in [-0.4, -0.2) is 66.3 Å². The zero-order valence-corrected chi connectivity index (χ0v) is 38.0. The molecule has 3 unspecified atom stereocenters. The number of carbonyl (C=O) groups excluding carboxylic acids is 1. The molecule has 0 aliphatic rings. The van der Waals surface area contributed by atoms with Crippen molar-refractivity contribution in [3.8, 4) is 0 Å². The molecule has 0 aliphatic carbocycles. The van der Waals surface area contributed by atoms with E-state index in [9.17, 15) is 19.4 Å². The topological polar surface area (TPSA) is 132 Å². The van der Waals surface area contributed by atoms with Gasteiger partial charge in [-0.2, -0.15) is 0 Å². The van der Waals surface area contributed by atoms with Crippen molar-refractivity contribution in [2.24, 2.45) is 0 Å². The van der Waals surface area contributed by atoms with E-state index in [1.165, 1.54) is 154 Å². The van der Waals surface area contributed by atoms with Crippen molar-refractivity contribution in [1.29, 1.82) is 0 Å². The number of aliphatic hydroxyl groups is 2. The zero-order valence-electron chi connectivity index (χ0n) is 37.1. The summed E-state index contributed by atoms with van der Waals surface area (Å²) in [6, 6.07) is 0. The molecule has 0 aromatic rings. The molecule has 0 aromatic carbocycles. The fourth-order valence-corrected chi connectivity index (χ4v) is 7.53. The minimum atomic E-state index is -4.52. The summed E-state index contributed by atoms with van der Waals surface area (Å²) in [7, 11) is -4.52. The number of rotatable bonds is 46. The summed E-state index contributed by atoms with van der Waals surface area (Å²) in [6.45, 7) is 3.53. The summed E-state index contributed by atoms with van der Waals surface area (Å²) < 4.78 is 33.5. The first kappa shape index (κ1) is 55.9. The smallest absolute Gasteiger partial charge is 0.457 e. The molecule has 0 radical (unpaired) electrons. The van der Waals surface area contributed by atoms with Crippen LogP contribution >= 0.6 is 7.82 Å². The van der Waals surface area contributed by atoms with E-state index in [0.29, 0.717) is 6.61 Å². The van der Waals surface area contributed by atoms with Crippen molar-refractivity contribution < 1.29 is 43.0 Å². The first-order valence-corrected chi connectivity index (χ1v) is 25.3. The van der Waals surface area contributed by atoms with Crippen molar-refractivity contribution in [1.82, 2.24) is 0 Å². The maximum absolute atomic E-state index is 12.6. The fraction of sp³-hybridized carbons (Fsp3) is 0.894. The van der Waals surface area contributed by atoms with Crippen LogP contribution in [0.4, 0.5) is 0 Å². The van der Waals surface area contributed by atoms with Gasteiger partial charge in [0.05, 0.1) is 26.4 Å². The molecule has 0 aliphatic heterocycles. The quantitative estimate of drug-likeness (QED) is 0.0237. The van der Waals surface area contributed by atoms with Crippen LogP contribution in [0.25, 0.3) is 0 Å². The molecule has 10 heteroatoms. The second kappa shape index (κ2) is 44.5. The first-order chi connectivity index (χ1) is 27.8. The lowest BCUT2D eigenvalue weighted by molar-refractivity contribution is -0.154. The Kier molecular flexibility index (Phi) is 43.7. The third kappa shape index (κ3) is 44.3. The monoisotopic (exact) mass is 831 g/mol. The van der Waals surface area contributed by atoms with Gasteiger partial charge < -0.3 is 24.6 Å². The van der Waals surface area contributed by atoms with E-state index in [-0.39, 0.29) is 25.6 Å². The maximum atomic E-state index is 12.6. The van der Waals surface area contributed by atoms with E-state index in [1.54, 1.807) is 0 Å². The van der Waals surface area contributed by atoms with Gasteiger partial charge in [0.1, 0.15) is 12.2 Å². The number of esters is 1. The second-order valence-corrected chi connectivity index (χ2v) is 17.6. The number of aliphatic hydroxyl groups excluding tert-OH is 2. The SMILES string of the molecule is CCCCC/C=C\C/C=C\CCCCCCCCCC(=O)OC(COCCCCCCCCCCCCCCCCCCCCC)COP(=O)(O)OCC(O)CO. The minimum absolute atomic E-state index is 0.0506. The predicted octanol–water partition coefficient (Wildman–Crippen LogP) is 13.4. The van der Waals surface area contributed by atoms with Gasteiger partial charge in [-0.3, -0.25) is 13.8 Å². The number of phosphoric acid groups is 1. The van der Waals surface area contributed by atoms with Gasteiger partial charge in [-0.1, -0.05) is 199 Å². The van der Waals surface area contributed by atoms with Gasteiger partial charge in [-0.15, -0.1) is 0 Å². The van der Waals surface area contributed by atoms with Gasteiger partial charge in [0.15, 0.2) is 0 Å². The molecule has 0 spiro atoms. The van der Waals surface area contributed by atoms with Crippen molar-refractivity contribution >= 4 is 13.8 Å². The van der Waals surface area contributed by atoms with Crippen LogP contribution in [0.15, 0.2) is 24.3 Å². The van der Waals surface area contributed by atoms with Crippen LogP contribution in [0, 0.1) is 0 Å². The van der Waals surface area contributed by atoms with Crippen LogP contribution in [0.2, 0.25) is 0 Å². The number of carbonyl (C=O) groups is 1. The molecule has 0 aromatic heterocycles. The number of allylic oxidation sites excluding steroid dienone is 4. The third-order valence-electron chi connectivity index (χ3n) is 10.4. The van der Waals surface area contributed by atoms with Crippen molar-refractivity contribution in [3.05, 3.63) is 24.3 Å². The Bertz CT molecular complexity index is 944. The molecule has 0 heterocycles. The molecule has 0 bridgehead atoms. The standard InChI is InChI=1S/C47H91O9P/c1-3-5-7-9-11-13-15-17-19-21-22-24-26-28-30-32-34-36-38-40-53-43-46(44-55-57(51,52)54-42-45(49)41-48)56-47(50)39-37-35-33-31-29-27-25-23-20-18-16-14-12-10-8-6-4-2/h12,14,18,20,45-46,48-49H,3-11,13,15-17,19,21-44H2,1-2H3,(H,51,52)/b14-12-,20-18-.